The van der Waals surface area contributed by atoms with Crippen molar-refractivity contribution in [2.24, 2.45) is 0 Å². The summed E-state index contributed by atoms with van der Waals surface area (Å²) in [6.45, 7) is 2.49. The Labute approximate surface area is 153 Å². The highest BCUT2D eigenvalue weighted by molar-refractivity contribution is 5.16. The largest absolute Gasteiger partial charge is 0.394 e. The Morgan fingerprint density at radius 1 is 1.19 bits per heavy atom. The standard InChI is InChI=1S/C19H28O7/c1-2-3-9-22-18-16(14(21)10-20)25-12-24-15-11-23-19(26-17(15)18)13-7-5-4-6-8-13/h4-8,14-21H,2-3,9-12H2,1H3/t14-,15-,16-,17-,18-,19?/m1/s1. The summed E-state index contributed by atoms with van der Waals surface area (Å²) in [7, 11) is 0. The molecule has 0 amide bonds. The van der Waals surface area contributed by atoms with Crippen molar-refractivity contribution in [2.45, 2.75) is 56.6 Å². The average Bonchev–Trinajstić information content (AvgIpc) is 2.87. The first-order valence-electron chi connectivity index (χ1n) is 9.20. The van der Waals surface area contributed by atoms with Gasteiger partial charge in [-0.15, -0.1) is 0 Å². The van der Waals surface area contributed by atoms with E-state index >= 15 is 0 Å². The summed E-state index contributed by atoms with van der Waals surface area (Å²) >= 11 is 0. The number of ether oxygens (including phenoxy) is 5. The summed E-state index contributed by atoms with van der Waals surface area (Å²) in [5, 5.41) is 19.6. The lowest BCUT2D eigenvalue weighted by Gasteiger charge is -2.40. The Kier molecular flexibility index (Phi) is 7.39. The van der Waals surface area contributed by atoms with E-state index in [-0.39, 0.29) is 12.9 Å². The van der Waals surface area contributed by atoms with E-state index in [2.05, 4.69) is 6.92 Å². The van der Waals surface area contributed by atoms with Crippen LogP contribution < -0.4 is 0 Å². The first kappa shape index (κ1) is 19.7. The highest BCUT2D eigenvalue weighted by Gasteiger charge is 2.47. The molecule has 0 aromatic heterocycles. The summed E-state index contributed by atoms with van der Waals surface area (Å²) in [4.78, 5) is 0. The van der Waals surface area contributed by atoms with Gasteiger partial charge in [0.1, 0.15) is 37.3 Å². The van der Waals surface area contributed by atoms with Gasteiger partial charge in [-0.2, -0.15) is 0 Å². The van der Waals surface area contributed by atoms with E-state index in [1.165, 1.54) is 0 Å². The van der Waals surface area contributed by atoms with Crippen LogP contribution in [0.2, 0.25) is 0 Å². The van der Waals surface area contributed by atoms with Gasteiger partial charge >= 0.3 is 0 Å². The molecule has 3 rings (SSSR count). The Hall–Kier alpha value is -1.06. The Morgan fingerprint density at radius 2 is 2.00 bits per heavy atom. The van der Waals surface area contributed by atoms with Gasteiger partial charge in [-0.05, 0) is 6.42 Å². The molecule has 0 spiro atoms. The average molecular weight is 368 g/mol. The van der Waals surface area contributed by atoms with E-state index in [1.54, 1.807) is 0 Å². The second-order valence-electron chi connectivity index (χ2n) is 6.57. The second kappa shape index (κ2) is 9.75. The Balaban J connectivity index is 1.79. The highest BCUT2D eigenvalue weighted by Crippen LogP contribution is 2.33. The highest BCUT2D eigenvalue weighted by atomic mass is 16.8. The molecule has 2 aliphatic heterocycles. The maximum Gasteiger partial charge on any atom is 0.184 e. The zero-order valence-electron chi connectivity index (χ0n) is 15.0. The van der Waals surface area contributed by atoms with E-state index in [0.717, 1.165) is 18.4 Å². The minimum absolute atomic E-state index is 0.0146. The van der Waals surface area contributed by atoms with Crippen LogP contribution in [-0.2, 0) is 23.7 Å². The number of aliphatic hydroxyl groups is 2. The fourth-order valence-corrected chi connectivity index (χ4v) is 3.24. The fraction of sp³-hybridized carbons (Fsp3) is 0.684. The molecule has 2 aliphatic rings. The zero-order chi connectivity index (χ0) is 18.4. The summed E-state index contributed by atoms with van der Waals surface area (Å²) in [6.07, 6.45) is -1.88. The van der Waals surface area contributed by atoms with Gasteiger partial charge in [0.05, 0.1) is 13.2 Å². The van der Waals surface area contributed by atoms with E-state index in [0.29, 0.717) is 13.2 Å². The van der Waals surface area contributed by atoms with Crippen LogP contribution in [0, 0.1) is 0 Å². The molecule has 1 aromatic carbocycles. The maximum atomic E-state index is 10.2. The summed E-state index contributed by atoms with van der Waals surface area (Å²) < 4.78 is 29.4. The van der Waals surface area contributed by atoms with E-state index in [1.807, 2.05) is 30.3 Å². The van der Waals surface area contributed by atoms with Crippen LogP contribution in [0.1, 0.15) is 31.6 Å². The van der Waals surface area contributed by atoms with E-state index in [9.17, 15) is 10.2 Å². The van der Waals surface area contributed by atoms with Gasteiger partial charge in [-0.25, -0.2) is 0 Å². The molecule has 1 unspecified atom stereocenters. The van der Waals surface area contributed by atoms with Crippen molar-refractivity contribution in [3.8, 4) is 0 Å². The van der Waals surface area contributed by atoms with Crippen molar-refractivity contribution >= 4 is 0 Å². The number of rotatable bonds is 7. The van der Waals surface area contributed by atoms with Gasteiger partial charge in [0.25, 0.3) is 0 Å². The third-order valence-corrected chi connectivity index (χ3v) is 4.70. The number of fused-ring (bicyclic) bond motifs is 1. The van der Waals surface area contributed by atoms with Crippen LogP contribution >= 0.6 is 0 Å². The Morgan fingerprint density at radius 3 is 2.73 bits per heavy atom. The van der Waals surface area contributed by atoms with Gasteiger partial charge in [-0.3, -0.25) is 0 Å². The molecule has 26 heavy (non-hydrogen) atoms. The molecule has 2 N–H and O–H groups in total. The smallest absolute Gasteiger partial charge is 0.184 e. The first-order valence-corrected chi connectivity index (χ1v) is 9.20. The molecule has 0 saturated carbocycles. The lowest BCUT2D eigenvalue weighted by Crippen LogP contribution is -2.55. The molecule has 0 radical (unpaired) electrons. The van der Waals surface area contributed by atoms with Crippen LogP contribution in [0.15, 0.2) is 30.3 Å². The monoisotopic (exact) mass is 368 g/mol. The molecular formula is C19H28O7. The van der Waals surface area contributed by atoms with Gasteiger partial charge in [-0.1, -0.05) is 43.7 Å². The summed E-state index contributed by atoms with van der Waals surface area (Å²) in [5.74, 6) is 0. The number of aliphatic hydroxyl groups excluding tert-OH is 2. The molecule has 6 atom stereocenters. The molecule has 0 bridgehead atoms. The van der Waals surface area contributed by atoms with Crippen molar-refractivity contribution in [3.05, 3.63) is 35.9 Å². The molecule has 0 aliphatic carbocycles. The topological polar surface area (TPSA) is 86.6 Å². The van der Waals surface area contributed by atoms with Crippen LogP contribution in [0.25, 0.3) is 0 Å². The van der Waals surface area contributed by atoms with Crippen LogP contribution in [0.4, 0.5) is 0 Å². The number of hydrogen-bond acceptors (Lipinski definition) is 7. The molecule has 146 valence electrons. The predicted octanol–water partition coefficient (Wildman–Crippen LogP) is 1.38. The number of unbranched alkanes of at least 4 members (excludes halogenated alkanes) is 1. The molecule has 2 saturated heterocycles. The minimum Gasteiger partial charge on any atom is -0.394 e. The molecular weight excluding hydrogens is 340 g/mol. The molecule has 1 aromatic rings. The van der Waals surface area contributed by atoms with Crippen molar-refractivity contribution in [1.82, 2.24) is 0 Å². The predicted molar refractivity (Wildman–Crippen MR) is 92.4 cm³/mol. The van der Waals surface area contributed by atoms with Crippen LogP contribution in [-0.4, -0.2) is 67.3 Å². The van der Waals surface area contributed by atoms with Crippen molar-refractivity contribution in [3.63, 3.8) is 0 Å². The zero-order valence-corrected chi connectivity index (χ0v) is 15.0. The number of benzene rings is 1. The third-order valence-electron chi connectivity index (χ3n) is 4.70. The molecule has 7 nitrogen and oxygen atoms in total. The first-order chi connectivity index (χ1) is 12.7. The summed E-state index contributed by atoms with van der Waals surface area (Å²) in [6, 6.07) is 9.66. The van der Waals surface area contributed by atoms with Gasteiger partial charge < -0.3 is 33.9 Å². The normalized spacial score (nSPS) is 33.3. The van der Waals surface area contributed by atoms with E-state index in [4.69, 9.17) is 23.7 Å². The molecule has 2 heterocycles. The quantitative estimate of drug-likeness (QED) is 0.703. The SMILES string of the molecule is CCCCO[C@@H]1[C@@H]([C@H](O)CO)OCO[C@@H]2COC(c3ccccc3)O[C@@H]12. The fourth-order valence-electron chi connectivity index (χ4n) is 3.24. The number of hydrogen-bond donors (Lipinski definition) is 2. The lowest BCUT2D eigenvalue weighted by molar-refractivity contribution is -0.284. The Bertz CT molecular complexity index is 526. The van der Waals surface area contributed by atoms with Gasteiger partial charge in [0.2, 0.25) is 0 Å². The summed E-state index contributed by atoms with van der Waals surface area (Å²) in [5.41, 5.74) is 0.905. The van der Waals surface area contributed by atoms with Crippen LogP contribution in [0.3, 0.4) is 0 Å². The van der Waals surface area contributed by atoms with Crippen molar-refractivity contribution in [1.29, 1.82) is 0 Å². The maximum absolute atomic E-state index is 10.2. The van der Waals surface area contributed by atoms with Crippen molar-refractivity contribution < 1.29 is 33.9 Å². The molecule has 7 heteroatoms. The minimum atomic E-state index is -1.08. The van der Waals surface area contributed by atoms with E-state index < -0.39 is 37.3 Å². The molecule has 2 fully saturated rings. The van der Waals surface area contributed by atoms with Crippen LogP contribution in [0.5, 0.6) is 0 Å². The lowest BCUT2D eigenvalue weighted by atomic mass is 9.98. The third kappa shape index (κ3) is 4.61. The van der Waals surface area contributed by atoms with Gasteiger partial charge in [0, 0.05) is 12.2 Å². The van der Waals surface area contributed by atoms with Gasteiger partial charge in [0.15, 0.2) is 6.29 Å². The second-order valence-corrected chi connectivity index (χ2v) is 6.57. The van der Waals surface area contributed by atoms with Crippen molar-refractivity contribution in [2.75, 3.05) is 26.6 Å².